The molecule has 208 valence electrons. The Morgan fingerprint density at radius 1 is 0.455 bits per heavy atom. The van der Waals surface area contributed by atoms with E-state index in [4.69, 9.17) is 5.48 Å². The Morgan fingerprint density at radius 2 is 0.932 bits per heavy atom. The first-order chi connectivity index (χ1) is 24.3. The van der Waals surface area contributed by atoms with Crippen LogP contribution in [0.15, 0.2) is 176 Å². The Hall–Kier alpha value is -5.44. The average Bonchev–Trinajstić information content (AvgIpc) is 3.56. The van der Waals surface area contributed by atoms with Gasteiger partial charge in [0.1, 0.15) is 0 Å². The van der Waals surface area contributed by atoms with Gasteiger partial charge in [-0.25, -0.2) is 0 Å². The summed E-state index contributed by atoms with van der Waals surface area (Å²) in [6, 6.07) is 44.7. The van der Waals surface area contributed by atoms with Crippen molar-refractivity contribution in [3.63, 3.8) is 0 Å². The normalized spacial score (nSPS) is 13.1. The van der Waals surface area contributed by atoms with Crippen molar-refractivity contribution in [3.05, 3.63) is 176 Å². The van der Waals surface area contributed by atoms with Gasteiger partial charge in [0.25, 0.3) is 0 Å². The lowest BCUT2D eigenvalue weighted by Crippen LogP contribution is -2.10. The molecule has 0 bridgehead atoms. The predicted molar refractivity (Wildman–Crippen MR) is 190 cm³/mol. The summed E-state index contributed by atoms with van der Waals surface area (Å²) in [7, 11) is 0. The molecule has 44 heavy (non-hydrogen) atoms. The zero-order valence-electron chi connectivity index (χ0n) is 29.6. The number of anilines is 3. The van der Waals surface area contributed by atoms with Crippen molar-refractivity contribution in [2.24, 2.45) is 0 Å². The van der Waals surface area contributed by atoms with Crippen LogP contribution in [0.25, 0.3) is 53.6 Å². The van der Waals surface area contributed by atoms with Gasteiger partial charge in [-0.3, -0.25) is 0 Å². The van der Waals surface area contributed by atoms with Gasteiger partial charge in [0.15, 0.2) is 0 Å². The van der Waals surface area contributed by atoms with Crippen molar-refractivity contribution in [2.45, 2.75) is 0 Å². The van der Waals surface area contributed by atoms with Gasteiger partial charge in [0, 0.05) is 31.5 Å². The van der Waals surface area contributed by atoms with E-state index in [0.717, 1.165) is 39.2 Å². The largest absolute Gasteiger partial charge is 0.310 e. The zero-order chi connectivity index (χ0) is 34.5. The van der Waals surface area contributed by atoms with E-state index in [0.29, 0.717) is 31.4 Å². The van der Waals surface area contributed by atoms with Crippen molar-refractivity contribution >= 4 is 48.6 Å². The summed E-state index contributed by atoms with van der Waals surface area (Å²) in [5, 5.41) is 0.875. The minimum atomic E-state index is -0.226. The molecule has 0 unspecified atom stereocenters. The van der Waals surface area contributed by atoms with Gasteiger partial charge in [-0.15, -0.1) is 11.3 Å². The molecule has 0 aliphatic heterocycles. The molecule has 0 spiro atoms. The Balaban J connectivity index is 1.44. The van der Waals surface area contributed by atoms with E-state index < -0.39 is 0 Å². The summed E-state index contributed by atoms with van der Waals surface area (Å²) in [5.74, 6) is 0. The lowest BCUT2D eigenvalue weighted by Gasteiger charge is -2.27. The summed E-state index contributed by atoms with van der Waals surface area (Å²) in [6.07, 6.45) is 0. The average molecular weight is 586 g/mol. The van der Waals surface area contributed by atoms with E-state index in [-0.39, 0.29) is 36.3 Å². The van der Waals surface area contributed by atoms with Crippen LogP contribution in [0.4, 0.5) is 17.1 Å². The number of hydrogen-bond acceptors (Lipinski definition) is 2. The minimum Gasteiger partial charge on any atom is -0.310 e. The number of nitrogens with zero attached hydrogens (tertiary/aromatic N) is 1. The monoisotopic (exact) mass is 585 g/mol. The van der Waals surface area contributed by atoms with E-state index in [1.807, 2.05) is 120 Å². The van der Waals surface area contributed by atoms with Gasteiger partial charge >= 0.3 is 0 Å². The Bertz CT molecular complexity index is 2430. The highest BCUT2D eigenvalue weighted by atomic mass is 32.1. The molecule has 1 nitrogen and oxygen atoms in total. The molecule has 0 amide bonds. The molecule has 8 aromatic rings. The summed E-state index contributed by atoms with van der Waals surface area (Å²) >= 11 is 1.25. The molecule has 0 aliphatic rings. The standard InChI is InChI=1S/C42H29NS/c1-4-12-30(13-5-1)32-22-26-35(27-23-32)43(36-28-24-33(25-29-36)31-14-6-2-7-15-31)39-20-11-21-40-41(39)38-19-10-18-37(42(38)44-40)34-16-8-3-9-17-34/h1-29H/i10D,11D,18D,19D,20D,21D. The molecule has 0 radical (unpaired) electrons. The summed E-state index contributed by atoms with van der Waals surface area (Å²) in [5.41, 5.74) is 7.26. The summed E-state index contributed by atoms with van der Waals surface area (Å²) in [6.45, 7) is 0. The summed E-state index contributed by atoms with van der Waals surface area (Å²) < 4.78 is 55.5. The highest BCUT2D eigenvalue weighted by Crippen LogP contribution is 2.47. The third-order valence-corrected chi connectivity index (χ3v) is 8.98. The van der Waals surface area contributed by atoms with Gasteiger partial charge < -0.3 is 4.90 Å². The third kappa shape index (κ3) is 4.76. The second kappa shape index (κ2) is 11.3. The fourth-order valence-electron chi connectivity index (χ4n) is 5.71. The fraction of sp³-hybridized carbons (Fsp3) is 0. The first kappa shape index (κ1) is 20.5. The van der Waals surface area contributed by atoms with Gasteiger partial charge in [0.05, 0.1) is 13.9 Å². The molecule has 0 saturated carbocycles. The SMILES string of the molecule is [2H]c1c([2H])c(N(c2ccc(-c3ccccc3)cc2)c2ccc(-c3ccccc3)cc2)c2c(sc3c(-c4ccccc4)c([2H])c([2H])c([2H])c32)c1[2H]. The number of rotatable bonds is 6. The number of hydrogen-bond donors (Lipinski definition) is 0. The molecule has 0 aliphatic carbocycles. The number of thiophene rings is 1. The second-order valence-electron chi connectivity index (χ2n) is 10.5. The molecule has 2 heteroatoms. The van der Waals surface area contributed by atoms with E-state index >= 15 is 0 Å². The highest BCUT2D eigenvalue weighted by molar-refractivity contribution is 7.26. The molecule has 0 saturated heterocycles. The van der Waals surface area contributed by atoms with E-state index in [2.05, 4.69) is 24.3 Å². The molecule has 7 aromatic carbocycles. The van der Waals surface area contributed by atoms with Gasteiger partial charge in [-0.1, -0.05) is 139 Å². The quantitative estimate of drug-likeness (QED) is 0.188. The Morgan fingerprint density at radius 3 is 1.48 bits per heavy atom. The predicted octanol–water partition coefficient (Wildman–Crippen LogP) is 12.5. The van der Waals surface area contributed by atoms with Crippen molar-refractivity contribution in [1.29, 1.82) is 0 Å². The van der Waals surface area contributed by atoms with E-state index in [9.17, 15) is 2.74 Å². The van der Waals surface area contributed by atoms with Crippen LogP contribution in [-0.4, -0.2) is 0 Å². The van der Waals surface area contributed by atoms with Crippen LogP contribution in [0.2, 0.25) is 0 Å². The van der Waals surface area contributed by atoms with E-state index in [1.165, 1.54) is 11.3 Å². The molecule has 1 heterocycles. The lowest BCUT2D eigenvalue weighted by atomic mass is 10.0. The fourth-order valence-corrected chi connectivity index (χ4v) is 6.85. The van der Waals surface area contributed by atoms with Crippen LogP contribution in [0.1, 0.15) is 8.22 Å². The summed E-state index contributed by atoms with van der Waals surface area (Å²) in [4.78, 5) is 1.93. The maximum Gasteiger partial charge on any atom is 0.0645 e. The van der Waals surface area contributed by atoms with Crippen molar-refractivity contribution in [2.75, 3.05) is 4.90 Å². The van der Waals surface area contributed by atoms with Crippen LogP contribution >= 0.6 is 11.3 Å². The second-order valence-corrected chi connectivity index (χ2v) is 11.5. The van der Waals surface area contributed by atoms with Gasteiger partial charge in [-0.2, -0.15) is 0 Å². The number of fused-ring (bicyclic) bond motifs is 3. The topological polar surface area (TPSA) is 3.24 Å². The zero-order valence-corrected chi connectivity index (χ0v) is 24.5. The van der Waals surface area contributed by atoms with Crippen LogP contribution in [-0.2, 0) is 0 Å². The lowest BCUT2D eigenvalue weighted by molar-refractivity contribution is 1.30. The van der Waals surface area contributed by atoms with Crippen LogP contribution in [0.5, 0.6) is 0 Å². The third-order valence-electron chi connectivity index (χ3n) is 7.86. The molecular weight excluding hydrogens is 551 g/mol. The first-order valence-corrected chi connectivity index (χ1v) is 15.3. The van der Waals surface area contributed by atoms with Crippen LogP contribution in [0.3, 0.4) is 0 Å². The molecule has 0 atom stereocenters. The Labute approximate surface area is 270 Å². The maximum atomic E-state index is 9.41. The van der Waals surface area contributed by atoms with Crippen LogP contribution in [0, 0.1) is 0 Å². The van der Waals surface area contributed by atoms with E-state index in [1.54, 1.807) is 0 Å². The van der Waals surface area contributed by atoms with Gasteiger partial charge in [0.2, 0.25) is 0 Å². The molecular formula is C42H29NS. The highest BCUT2D eigenvalue weighted by Gasteiger charge is 2.20. The molecule has 0 fully saturated rings. The molecule has 0 N–H and O–H groups in total. The van der Waals surface area contributed by atoms with Crippen molar-refractivity contribution < 1.29 is 8.22 Å². The first-order valence-electron chi connectivity index (χ1n) is 17.5. The van der Waals surface area contributed by atoms with Gasteiger partial charge in [-0.05, 0) is 69.7 Å². The minimum absolute atomic E-state index is 0.0598. The Kier molecular flexibility index (Phi) is 5.27. The van der Waals surface area contributed by atoms with Crippen molar-refractivity contribution in [1.82, 2.24) is 0 Å². The van der Waals surface area contributed by atoms with Crippen LogP contribution < -0.4 is 4.90 Å². The number of benzene rings is 7. The molecule has 8 rings (SSSR count). The molecule has 1 aromatic heterocycles. The maximum absolute atomic E-state index is 9.41. The van der Waals surface area contributed by atoms with Crippen molar-refractivity contribution in [3.8, 4) is 33.4 Å². The smallest absolute Gasteiger partial charge is 0.0645 e.